The van der Waals surface area contributed by atoms with E-state index in [1.807, 2.05) is 0 Å². The van der Waals surface area contributed by atoms with Gasteiger partial charge in [0.15, 0.2) is 0 Å². The van der Waals surface area contributed by atoms with Gasteiger partial charge in [-0.3, -0.25) is 4.79 Å². The highest BCUT2D eigenvalue weighted by atomic mass is 28.3. The number of carbonyl (C=O) groups is 2. The molecule has 0 amide bonds. The number of aliphatic hydroxyl groups excluding tert-OH is 1. The maximum absolute atomic E-state index is 11.8. The third kappa shape index (κ3) is 9.95. The summed E-state index contributed by atoms with van der Waals surface area (Å²) in [7, 11) is -1.28. The van der Waals surface area contributed by atoms with Crippen LogP contribution in [0.4, 0.5) is 0 Å². The zero-order chi connectivity index (χ0) is 26.9. The van der Waals surface area contributed by atoms with Crippen LogP contribution in [0.15, 0.2) is 46.1 Å². The van der Waals surface area contributed by atoms with Crippen LogP contribution in [0, 0.1) is 5.41 Å². The fourth-order valence-electron chi connectivity index (χ4n) is 5.01. The van der Waals surface area contributed by atoms with Crippen molar-refractivity contribution in [2.75, 3.05) is 6.61 Å². The second kappa shape index (κ2) is 13.7. The van der Waals surface area contributed by atoms with Crippen LogP contribution in [-0.4, -0.2) is 44.4 Å². The molecule has 0 fully saturated rings. The van der Waals surface area contributed by atoms with E-state index in [-0.39, 0.29) is 6.42 Å². The first-order chi connectivity index (χ1) is 16.8. The molecule has 0 spiro atoms. The smallest absolute Gasteiger partial charge is 0.333 e. The number of esters is 1. The summed E-state index contributed by atoms with van der Waals surface area (Å²) in [6.45, 7) is 16.4. The number of aliphatic hydroxyl groups is 1. The van der Waals surface area contributed by atoms with Crippen LogP contribution in [0.1, 0.15) is 79.1 Å². The van der Waals surface area contributed by atoms with Crippen molar-refractivity contribution in [2.45, 2.75) is 117 Å². The summed E-state index contributed by atoms with van der Waals surface area (Å²) in [5, 5.41) is 10.7. The third-order valence-electron chi connectivity index (χ3n) is 7.42. The molecular weight excluding hydrogens is 468 g/mol. The highest BCUT2D eigenvalue weighted by Gasteiger charge is 2.32. The standard InChI is InChI=1S/C30H48O5Si/c1-22(13-15-26-23(2)11-9-17-30(26,3)4)10-8-12-24(21-31)14-16-27(32)25-20-28(33)35-29(25)34-18-19-36(5,6)7/h10,14,20-21,27,29,32H,8-9,11-13,15-19H2,1-7H3/b22-10+,24-14+. The predicted molar refractivity (Wildman–Crippen MR) is 149 cm³/mol. The average Bonchev–Trinajstić information content (AvgIpc) is 3.14. The molecule has 0 aromatic rings. The second-order valence-electron chi connectivity index (χ2n) is 12.3. The zero-order valence-electron chi connectivity index (χ0n) is 23.6. The van der Waals surface area contributed by atoms with Crippen molar-refractivity contribution >= 4 is 20.3 Å². The Hall–Kier alpha value is -1.76. The molecular formula is C30H48O5Si. The van der Waals surface area contributed by atoms with Gasteiger partial charge in [-0.05, 0) is 82.2 Å². The maximum atomic E-state index is 11.8. The van der Waals surface area contributed by atoms with E-state index >= 15 is 0 Å². The molecule has 1 heterocycles. The molecule has 5 nitrogen and oxygen atoms in total. The van der Waals surface area contributed by atoms with E-state index in [4.69, 9.17) is 9.47 Å². The maximum Gasteiger partial charge on any atom is 0.333 e. The van der Waals surface area contributed by atoms with Gasteiger partial charge in [0.1, 0.15) is 6.29 Å². The highest BCUT2D eigenvalue weighted by Crippen LogP contribution is 2.42. The van der Waals surface area contributed by atoms with Crippen LogP contribution in [0.3, 0.4) is 0 Å². The first-order valence-corrected chi connectivity index (χ1v) is 17.2. The van der Waals surface area contributed by atoms with E-state index in [1.165, 1.54) is 30.9 Å². The van der Waals surface area contributed by atoms with Crippen molar-refractivity contribution in [3.05, 3.63) is 46.1 Å². The van der Waals surface area contributed by atoms with Crippen LogP contribution in [0.2, 0.25) is 25.7 Å². The molecule has 1 N–H and O–H groups in total. The summed E-state index contributed by atoms with van der Waals surface area (Å²) < 4.78 is 11.0. The largest absolute Gasteiger partial charge is 0.428 e. The minimum Gasteiger partial charge on any atom is -0.428 e. The Morgan fingerprint density at radius 2 is 2.00 bits per heavy atom. The van der Waals surface area contributed by atoms with Crippen LogP contribution in [-0.2, 0) is 19.1 Å². The number of allylic oxidation sites excluding steroid dienone is 5. The van der Waals surface area contributed by atoms with Gasteiger partial charge in [-0.1, -0.05) is 62.4 Å². The minimum absolute atomic E-state index is 0.246. The van der Waals surface area contributed by atoms with Crippen LogP contribution >= 0.6 is 0 Å². The monoisotopic (exact) mass is 516 g/mol. The summed E-state index contributed by atoms with van der Waals surface area (Å²) in [5.41, 5.74) is 5.94. The van der Waals surface area contributed by atoms with E-state index in [0.717, 1.165) is 31.6 Å². The number of ether oxygens (including phenoxy) is 2. The Labute approximate surface area is 219 Å². The molecule has 0 aromatic heterocycles. The Bertz CT molecular complexity index is 901. The lowest BCUT2D eigenvalue weighted by molar-refractivity contribution is -0.159. The van der Waals surface area contributed by atoms with Gasteiger partial charge in [-0.15, -0.1) is 0 Å². The molecule has 2 unspecified atom stereocenters. The van der Waals surface area contributed by atoms with E-state index in [1.54, 1.807) is 17.2 Å². The topological polar surface area (TPSA) is 72.8 Å². The first-order valence-electron chi connectivity index (χ1n) is 13.5. The lowest BCUT2D eigenvalue weighted by Crippen LogP contribution is -2.27. The summed E-state index contributed by atoms with van der Waals surface area (Å²) in [6, 6.07) is 0.946. The molecule has 0 bridgehead atoms. The van der Waals surface area contributed by atoms with Crippen LogP contribution < -0.4 is 0 Å². The van der Waals surface area contributed by atoms with Crippen molar-refractivity contribution in [1.82, 2.24) is 0 Å². The molecule has 0 aromatic carbocycles. The first kappa shape index (κ1) is 30.5. The summed E-state index contributed by atoms with van der Waals surface area (Å²) in [4.78, 5) is 23.4. The lowest BCUT2D eigenvalue weighted by Gasteiger charge is -2.35. The lowest BCUT2D eigenvalue weighted by atomic mass is 9.71. The van der Waals surface area contributed by atoms with Crippen molar-refractivity contribution in [2.24, 2.45) is 5.41 Å². The molecule has 202 valence electrons. The summed E-state index contributed by atoms with van der Waals surface area (Å²) >= 11 is 0. The minimum atomic E-state index is -1.28. The van der Waals surface area contributed by atoms with Gasteiger partial charge in [0.05, 0.1) is 6.10 Å². The van der Waals surface area contributed by atoms with Gasteiger partial charge in [-0.25, -0.2) is 4.79 Å². The molecule has 6 heteroatoms. The van der Waals surface area contributed by atoms with E-state index in [0.29, 0.717) is 29.6 Å². The van der Waals surface area contributed by atoms with Gasteiger partial charge in [0.2, 0.25) is 6.29 Å². The van der Waals surface area contributed by atoms with Gasteiger partial charge >= 0.3 is 5.97 Å². The molecule has 1 aliphatic carbocycles. The Morgan fingerprint density at radius 1 is 1.28 bits per heavy atom. The van der Waals surface area contributed by atoms with Crippen molar-refractivity contribution < 1.29 is 24.2 Å². The number of hydrogen-bond acceptors (Lipinski definition) is 5. The molecule has 2 rings (SSSR count). The van der Waals surface area contributed by atoms with Gasteiger partial charge in [0.25, 0.3) is 0 Å². The zero-order valence-corrected chi connectivity index (χ0v) is 24.6. The molecule has 36 heavy (non-hydrogen) atoms. The summed E-state index contributed by atoms with van der Waals surface area (Å²) in [5.74, 6) is -0.496. The summed E-state index contributed by atoms with van der Waals surface area (Å²) in [6.07, 6.45) is 12.0. The van der Waals surface area contributed by atoms with Crippen molar-refractivity contribution in [3.8, 4) is 0 Å². The Kier molecular flexibility index (Phi) is 11.6. The number of cyclic esters (lactones) is 1. The SMILES string of the molecule is CC1=C(CC/C(C)=C/CC/C(C=O)=C\CC(O)C2=CC(=O)OC2OCC[Si](C)(C)C)C(C)(C)CCC1. The van der Waals surface area contributed by atoms with E-state index in [9.17, 15) is 14.7 Å². The average molecular weight is 517 g/mol. The van der Waals surface area contributed by atoms with Crippen molar-refractivity contribution in [1.29, 1.82) is 0 Å². The van der Waals surface area contributed by atoms with Crippen LogP contribution in [0.5, 0.6) is 0 Å². The fraction of sp³-hybridized carbons (Fsp3) is 0.667. The molecule has 0 saturated carbocycles. The Morgan fingerprint density at radius 3 is 2.64 bits per heavy atom. The van der Waals surface area contributed by atoms with Crippen molar-refractivity contribution in [3.63, 3.8) is 0 Å². The quantitative estimate of drug-likeness (QED) is 0.0879. The number of hydrogen-bond donors (Lipinski definition) is 1. The molecule has 0 saturated heterocycles. The van der Waals surface area contributed by atoms with E-state index < -0.39 is 26.4 Å². The highest BCUT2D eigenvalue weighted by molar-refractivity contribution is 6.76. The molecule has 2 aliphatic rings. The van der Waals surface area contributed by atoms with E-state index in [2.05, 4.69) is 53.4 Å². The molecule has 2 atom stereocenters. The van der Waals surface area contributed by atoms with Gasteiger partial charge in [-0.2, -0.15) is 0 Å². The second-order valence-corrected chi connectivity index (χ2v) is 17.9. The molecule has 0 radical (unpaired) electrons. The predicted octanol–water partition coefficient (Wildman–Crippen LogP) is 7.06. The Balaban J connectivity index is 1.85. The van der Waals surface area contributed by atoms with Gasteiger partial charge in [0, 0.05) is 26.3 Å². The number of rotatable bonds is 14. The molecule has 1 aliphatic heterocycles. The number of aldehydes is 1. The van der Waals surface area contributed by atoms with Crippen LogP contribution in [0.25, 0.3) is 0 Å². The third-order valence-corrected chi connectivity index (χ3v) is 9.13. The van der Waals surface area contributed by atoms with Gasteiger partial charge < -0.3 is 14.6 Å². The number of carbonyl (C=O) groups excluding carboxylic acids is 2. The fourth-order valence-corrected chi connectivity index (χ4v) is 5.74. The normalized spacial score (nSPS) is 21.9.